The Morgan fingerprint density at radius 2 is 2.17 bits per heavy atom. The smallest absolute Gasteiger partial charge is 0.251 e. The molecule has 1 aliphatic rings. The number of likely N-dealkylation sites (tertiary alicyclic amines) is 1. The number of benzene rings is 1. The van der Waals surface area contributed by atoms with Crippen LogP contribution in [0.25, 0.3) is 0 Å². The number of piperidine rings is 1. The molecule has 1 atom stereocenters. The number of hydrogen-bond acceptors (Lipinski definition) is 5. The fourth-order valence-corrected chi connectivity index (χ4v) is 3.30. The van der Waals surface area contributed by atoms with E-state index in [1.165, 1.54) is 24.4 Å². The minimum absolute atomic E-state index is 0.135. The number of nitrogens with zero attached hydrogens (tertiary/aromatic N) is 2. The molecule has 0 bridgehead atoms. The Hall–Kier alpha value is -3.20. The molecule has 9 heteroatoms. The van der Waals surface area contributed by atoms with Crippen LogP contribution in [0, 0.1) is 11.2 Å². The number of nitrogens with one attached hydrogen (secondary N) is 3. The van der Waals surface area contributed by atoms with Crippen molar-refractivity contribution < 1.29 is 9.18 Å². The molecule has 1 unspecified atom stereocenters. The monoisotopic (exact) mass is 401 g/mol. The molecule has 0 radical (unpaired) electrons. The first-order chi connectivity index (χ1) is 13.8. The maximum Gasteiger partial charge on any atom is 0.251 e. The van der Waals surface area contributed by atoms with Gasteiger partial charge in [-0.15, -0.1) is 0 Å². The van der Waals surface area contributed by atoms with E-state index in [-0.39, 0.29) is 23.3 Å². The Labute approximate surface area is 170 Å². The van der Waals surface area contributed by atoms with Crippen molar-refractivity contribution in [1.82, 2.24) is 10.2 Å². The molecule has 29 heavy (non-hydrogen) atoms. The van der Waals surface area contributed by atoms with Crippen molar-refractivity contribution >= 4 is 23.3 Å². The largest absolute Gasteiger partial charge is 0.383 e. The van der Waals surface area contributed by atoms with Crippen LogP contribution < -0.4 is 22.1 Å². The van der Waals surface area contributed by atoms with Gasteiger partial charge in [-0.05, 0) is 45.0 Å². The van der Waals surface area contributed by atoms with Crippen LogP contribution in [0.15, 0.2) is 47.2 Å². The van der Waals surface area contributed by atoms with Crippen LogP contribution in [0.3, 0.4) is 0 Å². The van der Waals surface area contributed by atoms with Crippen LogP contribution in [0.2, 0.25) is 0 Å². The second kappa shape index (κ2) is 9.83. The van der Waals surface area contributed by atoms with Crippen molar-refractivity contribution in [3.8, 4) is 0 Å². The van der Waals surface area contributed by atoms with Gasteiger partial charge < -0.3 is 27.0 Å². The van der Waals surface area contributed by atoms with Gasteiger partial charge in [0.1, 0.15) is 17.5 Å². The highest BCUT2D eigenvalue weighted by Crippen LogP contribution is 2.20. The lowest BCUT2D eigenvalue weighted by atomic mass is 10.0. The maximum atomic E-state index is 14.1. The summed E-state index contributed by atoms with van der Waals surface area (Å²) in [6.45, 7) is 6.70. The van der Waals surface area contributed by atoms with Crippen LogP contribution in [-0.4, -0.2) is 48.7 Å². The second-order valence-corrected chi connectivity index (χ2v) is 6.80. The van der Waals surface area contributed by atoms with Crippen molar-refractivity contribution in [1.29, 1.82) is 5.41 Å². The summed E-state index contributed by atoms with van der Waals surface area (Å²) in [4.78, 5) is 17.2. The Morgan fingerprint density at radius 3 is 2.76 bits per heavy atom. The first kappa shape index (κ1) is 22.1. The molecule has 0 aromatic heterocycles. The summed E-state index contributed by atoms with van der Waals surface area (Å²) < 4.78 is 14.1. The predicted octanol–water partition coefficient (Wildman–Crippen LogP) is 1.77. The Bertz CT molecular complexity index is 862. The maximum absolute atomic E-state index is 14.1. The normalized spacial score (nSPS) is 18.1. The van der Waals surface area contributed by atoms with Crippen LogP contribution in [-0.2, 0) is 0 Å². The molecule has 1 fully saturated rings. The van der Waals surface area contributed by atoms with Gasteiger partial charge in [0.25, 0.3) is 5.91 Å². The van der Waals surface area contributed by atoms with E-state index in [2.05, 4.69) is 22.2 Å². The summed E-state index contributed by atoms with van der Waals surface area (Å²) in [5.41, 5.74) is 12.4. The van der Waals surface area contributed by atoms with E-state index in [9.17, 15) is 9.18 Å². The van der Waals surface area contributed by atoms with Gasteiger partial charge in [-0.25, -0.2) is 9.38 Å². The third-order valence-corrected chi connectivity index (χ3v) is 4.81. The zero-order chi connectivity index (χ0) is 21.6. The van der Waals surface area contributed by atoms with Crippen molar-refractivity contribution in [2.75, 3.05) is 25.5 Å². The molecule has 1 saturated heterocycles. The summed E-state index contributed by atoms with van der Waals surface area (Å²) in [6, 6.07) is 4.30. The standard InChI is InChI=1S/C20H28FN7O/c1-4-26-18(22)17(19(23)28-9-5-6-14(11-28)25-3)12(2)27-13-7-8-15(20(24)29)16(21)10-13/h4,7-8,10,14,23,25,27H,1,5-6,9,11H2,2-3H3,(H2,22,26)(H2,24,29)/b17-12-,23-19?. The minimum atomic E-state index is -0.838. The number of amidine groups is 2. The molecule has 2 rings (SSSR count). The molecule has 8 nitrogen and oxygen atoms in total. The molecule has 1 aromatic rings. The zero-order valence-corrected chi connectivity index (χ0v) is 16.8. The zero-order valence-electron chi connectivity index (χ0n) is 16.8. The van der Waals surface area contributed by atoms with Crippen molar-refractivity contribution in [2.24, 2.45) is 16.5 Å². The predicted molar refractivity (Wildman–Crippen MR) is 114 cm³/mol. The van der Waals surface area contributed by atoms with Crippen LogP contribution >= 0.6 is 0 Å². The van der Waals surface area contributed by atoms with Gasteiger partial charge in [-0.3, -0.25) is 10.2 Å². The van der Waals surface area contributed by atoms with E-state index < -0.39 is 11.7 Å². The van der Waals surface area contributed by atoms with E-state index in [1.807, 2.05) is 11.9 Å². The molecular formula is C20H28FN7O. The number of rotatable bonds is 7. The van der Waals surface area contributed by atoms with E-state index in [4.69, 9.17) is 16.9 Å². The van der Waals surface area contributed by atoms with Crippen molar-refractivity contribution in [3.63, 3.8) is 0 Å². The van der Waals surface area contributed by atoms with Gasteiger partial charge in [0.05, 0.1) is 11.1 Å². The summed E-state index contributed by atoms with van der Waals surface area (Å²) >= 11 is 0. The van der Waals surface area contributed by atoms with Gasteiger partial charge in [-0.1, -0.05) is 6.58 Å². The Kier molecular flexibility index (Phi) is 7.49. The number of amides is 1. The quantitative estimate of drug-likeness (QED) is 0.351. The Balaban J connectivity index is 2.37. The SMILES string of the molecule is C=CN=C(N)/C(C(=N)N1CCCC(NC)C1)=C(\C)Nc1ccc(C(N)=O)c(F)c1. The molecule has 1 aromatic carbocycles. The van der Waals surface area contributed by atoms with Crippen LogP contribution in [0.1, 0.15) is 30.1 Å². The van der Waals surface area contributed by atoms with Gasteiger partial charge in [0, 0.05) is 36.7 Å². The number of primary amides is 1. The summed E-state index contributed by atoms with van der Waals surface area (Å²) in [7, 11) is 1.90. The van der Waals surface area contributed by atoms with E-state index >= 15 is 0 Å². The highest BCUT2D eigenvalue weighted by Gasteiger charge is 2.25. The summed E-state index contributed by atoms with van der Waals surface area (Å²) in [5, 5.41) is 15.0. The molecule has 1 aliphatic heterocycles. The molecule has 156 valence electrons. The van der Waals surface area contributed by atoms with E-state index in [0.717, 1.165) is 19.4 Å². The topological polar surface area (TPSA) is 133 Å². The van der Waals surface area contributed by atoms with Gasteiger partial charge in [0.2, 0.25) is 0 Å². The lowest BCUT2D eigenvalue weighted by Crippen LogP contribution is -2.48. The summed E-state index contributed by atoms with van der Waals surface area (Å²) in [5.74, 6) is -1.20. The van der Waals surface area contributed by atoms with Gasteiger partial charge >= 0.3 is 0 Å². The molecule has 7 N–H and O–H groups in total. The van der Waals surface area contributed by atoms with E-state index in [0.29, 0.717) is 23.5 Å². The van der Waals surface area contributed by atoms with Crippen molar-refractivity contribution in [3.05, 3.63) is 53.6 Å². The number of carbonyl (C=O) groups excluding carboxylic acids is 1. The molecule has 1 heterocycles. The van der Waals surface area contributed by atoms with Crippen molar-refractivity contribution in [2.45, 2.75) is 25.8 Å². The highest BCUT2D eigenvalue weighted by molar-refractivity contribution is 6.22. The third-order valence-electron chi connectivity index (χ3n) is 4.81. The highest BCUT2D eigenvalue weighted by atomic mass is 19.1. The molecule has 1 amide bonds. The molecule has 0 aliphatic carbocycles. The second-order valence-electron chi connectivity index (χ2n) is 6.80. The first-order valence-corrected chi connectivity index (χ1v) is 9.31. The summed E-state index contributed by atoms with van der Waals surface area (Å²) in [6.07, 6.45) is 3.30. The average Bonchev–Trinajstić information content (AvgIpc) is 2.68. The number of hydrogen-bond donors (Lipinski definition) is 5. The third kappa shape index (κ3) is 5.41. The van der Waals surface area contributed by atoms with E-state index in [1.54, 1.807) is 6.92 Å². The average molecular weight is 401 g/mol. The molecule has 0 saturated carbocycles. The number of allylic oxidation sites excluding steroid dienone is 1. The fraction of sp³-hybridized carbons (Fsp3) is 0.350. The van der Waals surface area contributed by atoms with Gasteiger partial charge in [0.15, 0.2) is 0 Å². The minimum Gasteiger partial charge on any atom is -0.383 e. The molecular weight excluding hydrogens is 373 g/mol. The number of aliphatic imine (C=N–C) groups is 1. The van der Waals surface area contributed by atoms with Gasteiger partial charge in [-0.2, -0.15) is 0 Å². The lowest BCUT2D eigenvalue weighted by molar-refractivity contribution is 0.0996. The fourth-order valence-electron chi connectivity index (χ4n) is 3.30. The number of nitrogens with two attached hydrogens (primary N) is 2. The number of anilines is 1. The van der Waals surface area contributed by atoms with Crippen LogP contribution in [0.5, 0.6) is 0 Å². The first-order valence-electron chi connectivity index (χ1n) is 9.31. The lowest BCUT2D eigenvalue weighted by Gasteiger charge is -2.35. The number of carbonyl (C=O) groups is 1. The number of halogens is 1. The number of likely N-dealkylation sites (N-methyl/N-ethyl adjacent to an activating group) is 1. The molecule has 0 spiro atoms. The van der Waals surface area contributed by atoms with Crippen LogP contribution in [0.4, 0.5) is 10.1 Å². The Morgan fingerprint density at radius 1 is 1.45 bits per heavy atom.